The van der Waals surface area contributed by atoms with Crippen molar-refractivity contribution in [1.29, 1.82) is 0 Å². The molecule has 0 aliphatic carbocycles. The minimum atomic E-state index is -0.321. The fourth-order valence-corrected chi connectivity index (χ4v) is 1.29. The van der Waals surface area contributed by atoms with Gasteiger partial charge in [0.15, 0.2) is 12.0 Å². The minimum Gasteiger partial charge on any atom is -0.426 e. The van der Waals surface area contributed by atoms with Crippen molar-refractivity contribution in [3.63, 3.8) is 0 Å². The quantitative estimate of drug-likeness (QED) is 0.745. The Hall–Kier alpha value is -2.10. The van der Waals surface area contributed by atoms with Gasteiger partial charge in [-0.15, -0.1) is 0 Å². The Morgan fingerprint density at radius 3 is 2.75 bits per heavy atom. The molecule has 2 rings (SSSR count). The zero-order chi connectivity index (χ0) is 11.5. The number of benzene rings is 1. The second kappa shape index (κ2) is 4.18. The van der Waals surface area contributed by atoms with Crippen molar-refractivity contribution in [3.05, 3.63) is 47.5 Å². The topological polar surface area (TPSA) is 39.4 Å². The number of rotatable bonds is 3. The summed E-state index contributed by atoms with van der Waals surface area (Å²) in [6.45, 7) is 1.72. The van der Waals surface area contributed by atoms with E-state index < -0.39 is 0 Å². The molecule has 0 radical (unpaired) electrons. The van der Waals surface area contributed by atoms with Gasteiger partial charge >= 0.3 is 0 Å². The Labute approximate surface area is 91.5 Å². The first-order valence-corrected chi connectivity index (χ1v) is 4.68. The molecule has 0 saturated carbocycles. The number of aldehydes is 1. The van der Waals surface area contributed by atoms with E-state index in [1.165, 1.54) is 30.3 Å². The van der Waals surface area contributed by atoms with Crippen LogP contribution in [0.5, 0.6) is 11.7 Å². The van der Waals surface area contributed by atoms with Crippen molar-refractivity contribution in [2.75, 3.05) is 0 Å². The predicted octanol–water partition coefficient (Wildman–Crippen LogP) is 3.33. The van der Waals surface area contributed by atoms with Crippen molar-refractivity contribution >= 4 is 6.29 Å². The summed E-state index contributed by atoms with van der Waals surface area (Å²) in [4.78, 5) is 10.4. The van der Waals surface area contributed by atoms with Crippen molar-refractivity contribution in [2.45, 2.75) is 6.92 Å². The Bertz CT molecular complexity index is 517. The zero-order valence-corrected chi connectivity index (χ0v) is 8.57. The lowest BCUT2D eigenvalue weighted by Crippen LogP contribution is -1.87. The van der Waals surface area contributed by atoms with Crippen molar-refractivity contribution < 1.29 is 18.3 Å². The summed E-state index contributed by atoms with van der Waals surface area (Å²) in [6.07, 6.45) is 0.588. The van der Waals surface area contributed by atoms with Crippen LogP contribution in [0.4, 0.5) is 4.39 Å². The molecule has 0 aliphatic rings. The van der Waals surface area contributed by atoms with E-state index in [4.69, 9.17) is 9.15 Å². The van der Waals surface area contributed by atoms with Crippen LogP contribution in [-0.4, -0.2) is 6.29 Å². The molecular weight excluding hydrogens is 211 g/mol. The molecule has 1 heterocycles. The van der Waals surface area contributed by atoms with E-state index in [0.29, 0.717) is 17.6 Å². The van der Waals surface area contributed by atoms with Crippen LogP contribution in [0.3, 0.4) is 0 Å². The van der Waals surface area contributed by atoms with Gasteiger partial charge < -0.3 is 9.15 Å². The molecule has 4 heteroatoms. The van der Waals surface area contributed by atoms with E-state index in [9.17, 15) is 9.18 Å². The molecule has 3 nitrogen and oxygen atoms in total. The van der Waals surface area contributed by atoms with Crippen LogP contribution in [0.15, 0.2) is 34.7 Å². The molecule has 0 bridgehead atoms. The van der Waals surface area contributed by atoms with Crippen LogP contribution >= 0.6 is 0 Å². The van der Waals surface area contributed by atoms with Crippen LogP contribution in [0.25, 0.3) is 0 Å². The molecule has 2 aromatic rings. The van der Waals surface area contributed by atoms with E-state index in [1.807, 2.05) is 0 Å². The largest absolute Gasteiger partial charge is 0.426 e. The van der Waals surface area contributed by atoms with Gasteiger partial charge in [-0.2, -0.15) is 0 Å². The molecule has 0 aliphatic heterocycles. The second-order valence-corrected chi connectivity index (χ2v) is 3.29. The highest BCUT2D eigenvalue weighted by Gasteiger charge is 2.06. The van der Waals surface area contributed by atoms with E-state index >= 15 is 0 Å². The second-order valence-electron chi connectivity index (χ2n) is 3.29. The summed E-state index contributed by atoms with van der Waals surface area (Å²) in [5.41, 5.74) is 0.657. The lowest BCUT2D eigenvalue weighted by atomic mass is 10.2. The van der Waals surface area contributed by atoms with Crippen LogP contribution in [0, 0.1) is 12.7 Å². The Morgan fingerprint density at radius 2 is 2.12 bits per heavy atom. The highest BCUT2D eigenvalue weighted by molar-refractivity contribution is 5.70. The first kappa shape index (κ1) is 10.4. The molecule has 0 spiro atoms. The van der Waals surface area contributed by atoms with Gasteiger partial charge in [0.05, 0.1) is 0 Å². The molecular formula is C12H9FO3. The molecule has 0 N–H and O–H groups in total. The van der Waals surface area contributed by atoms with E-state index in [-0.39, 0.29) is 17.5 Å². The van der Waals surface area contributed by atoms with E-state index in [2.05, 4.69) is 0 Å². The Balaban J connectivity index is 2.23. The summed E-state index contributed by atoms with van der Waals surface area (Å²) in [7, 11) is 0. The molecule has 0 fully saturated rings. The first-order valence-electron chi connectivity index (χ1n) is 4.68. The van der Waals surface area contributed by atoms with Gasteiger partial charge in [-0.05, 0) is 36.8 Å². The number of furan rings is 1. The van der Waals surface area contributed by atoms with Gasteiger partial charge in [0.25, 0.3) is 5.95 Å². The van der Waals surface area contributed by atoms with Crippen molar-refractivity contribution in [3.8, 4) is 11.7 Å². The third kappa shape index (κ3) is 2.11. The standard InChI is InChI=1S/C12H9FO3/c1-8-6-9(13)2-4-11(8)16-12-5-3-10(7-14)15-12/h2-7H,1H3. The molecule has 0 amide bonds. The summed E-state index contributed by atoms with van der Waals surface area (Å²) in [5.74, 6) is 0.567. The zero-order valence-electron chi connectivity index (χ0n) is 8.57. The fraction of sp³-hybridized carbons (Fsp3) is 0.0833. The summed E-state index contributed by atoms with van der Waals surface area (Å²) in [6, 6.07) is 7.20. The summed E-state index contributed by atoms with van der Waals surface area (Å²) in [5, 5.41) is 0. The van der Waals surface area contributed by atoms with Gasteiger partial charge in [0.1, 0.15) is 11.6 Å². The molecule has 0 unspecified atom stereocenters. The maximum absolute atomic E-state index is 12.8. The highest BCUT2D eigenvalue weighted by atomic mass is 19.1. The number of carbonyl (C=O) groups is 1. The number of aryl methyl sites for hydroxylation is 1. The monoisotopic (exact) mass is 220 g/mol. The smallest absolute Gasteiger partial charge is 0.290 e. The molecule has 82 valence electrons. The van der Waals surface area contributed by atoms with Gasteiger partial charge in [-0.25, -0.2) is 4.39 Å². The fourth-order valence-electron chi connectivity index (χ4n) is 1.29. The van der Waals surface area contributed by atoms with Crippen LogP contribution in [0.1, 0.15) is 16.1 Å². The maximum atomic E-state index is 12.8. The number of hydrogen-bond acceptors (Lipinski definition) is 3. The van der Waals surface area contributed by atoms with E-state index in [0.717, 1.165) is 0 Å². The lowest BCUT2D eigenvalue weighted by molar-refractivity contribution is 0.109. The predicted molar refractivity (Wildman–Crippen MR) is 55.3 cm³/mol. The molecule has 0 atom stereocenters. The highest BCUT2D eigenvalue weighted by Crippen LogP contribution is 2.26. The number of ether oxygens (including phenoxy) is 1. The third-order valence-electron chi connectivity index (χ3n) is 2.07. The van der Waals surface area contributed by atoms with Crippen LogP contribution in [-0.2, 0) is 0 Å². The maximum Gasteiger partial charge on any atom is 0.290 e. The number of hydrogen-bond donors (Lipinski definition) is 0. The summed E-state index contributed by atoms with van der Waals surface area (Å²) < 4.78 is 23.2. The summed E-state index contributed by atoms with van der Waals surface area (Å²) >= 11 is 0. The molecule has 1 aromatic carbocycles. The van der Waals surface area contributed by atoms with Gasteiger partial charge in [0.2, 0.25) is 0 Å². The van der Waals surface area contributed by atoms with Crippen molar-refractivity contribution in [1.82, 2.24) is 0 Å². The van der Waals surface area contributed by atoms with Crippen LogP contribution in [0.2, 0.25) is 0 Å². The first-order chi connectivity index (χ1) is 7.69. The van der Waals surface area contributed by atoms with Gasteiger partial charge in [-0.3, -0.25) is 4.79 Å². The molecule has 16 heavy (non-hydrogen) atoms. The van der Waals surface area contributed by atoms with Crippen molar-refractivity contribution in [2.24, 2.45) is 0 Å². The minimum absolute atomic E-state index is 0.190. The molecule has 0 saturated heterocycles. The Kier molecular flexibility index (Phi) is 2.72. The van der Waals surface area contributed by atoms with Crippen LogP contribution < -0.4 is 4.74 Å². The number of halogens is 1. The lowest BCUT2D eigenvalue weighted by Gasteiger charge is -2.05. The number of carbonyl (C=O) groups excluding carboxylic acids is 1. The third-order valence-corrected chi connectivity index (χ3v) is 2.07. The SMILES string of the molecule is Cc1cc(F)ccc1Oc1ccc(C=O)o1. The average Bonchev–Trinajstić information content (AvgIpc) is 2.70. The normalized spacial score (nSPS) is 10.1. The van der Waals surface area contributed by atoms with Gasteiger partial charge in [0, 0.05) is 6.07 Å². The van der Waals surface area contributed by atoms with E-state index in [1.54, 1.807) is 6.92 Å². The molecule has 1 aromatic heterocycles. The Morgan fingerprint density at radius 1 is 1.31 bits per heavy atom. The van der Waals surface area contributed by atoms with Gasteiger partial charge in [-0.1, -0.05) is 0 Å². The average molecular weight is 220 g/mol.